The Hall–Kier alpha value is -1.99. The molecule has 0 atom stereocenters. The number of hydrogen-bond acceptors (Lipinski definition) is 6. The third-order valence-electron chi connectivity index (χ3n) is 3.79. The first kappa shape index (κ1) is 15.9. The van der Waals surface area contributed by atoms with Crippen molar-refractivity contribution in [1.82, 2.24) is 15.3 Å². The number of aryl methyl sites for hydroxylation is 1. The lowest BCUT2D eigenvalue weighted by Crippen LogP contribution is -2.25. The Balaban J connectivity index is 1.66. The van der Waals surface area contributed by atoms with Crippen LogP contribution in [0.2, 0.25) is 0 Å². The molecule has 0 saturated carbocycles. The van der Waals surface area contributed by atoms with Crippen LogP contribution in [0.5, 0.6) is 0 Å². The van der Waals surface area contributed by atoms with Gasteiger partial charge >= 0.3 is 0 Å². The molecule has 2 heterocycles. The van der Waals surface area contributed by atoms with E-state index in [1.54, 1.807) is 0 Å². The van der Waals surface area contributed by atoms with Crippen molar-refractivity contribution in [2.75, 3.05) is 23.9 Å². The van der Waals surface area contributed by atoms with Crippen molar-refractivity contribution >= 4 is 21.5 Å². The van der Waals surface area contributed by atoms with Crippen molar-refractivity contribution in [2.24, 2.45) is 0 Å². The predicted octanol–water partition coefficient (Wildman–Crippen LogP) is 1.45. The summed E-state index contributed by atoms with van der Waals surface area (Å²) < 4.78 is 22.4. The minimum absolute atomic E-state index is 0.167. The van der Waals surface area contributed by atoms with Gasteiger partial charge in [0.1, 0.15) is 9.84 Å². The predicted molar refractivity (Wildman–Crippen MR) is 90.6 cm³/mol. The number of anilines is 2. The fourth-order valence-electron chi connectivity index (χ4n) is 2.48. The Morgan fingerprint density at radius 3 is 2.78 bits per heavy atom. The molecule has 0 unspecified atom stereocenters. The molecule has 0 spiro atoms. The van der Waals surface area contributed by atoms with Crippen molar-refractivity contribution in [2.45, 2.75) is 19.4 Å². The molecular weight excluding hydrogens is 312 g/mol. The number of aromatic nitrogens is 2. The van der Waals surface area contributed by atoms with Crippen molar-refractivity contribution in [3.05, 3.63) is 47.3 Å². The monoisotopic (exact) mass is 332 g/mol. The number of hydrogen-bond donors (Lipinski definition) is 2. The molecule has 0 saturated heterocycles. The largest absolute Gasteiger partial charge is 0.324 e. The van der Waals surface area contributed by atoms with Crippen LogP contribution in [0.25, 0.3) is 0 Å². The first-order chi connectivity index (χ1) is 11.0. The van der Waals surface area contributed by atoms with Gasteiger partial charge in [0.2, 0.25) is 5.95 Å². The number of nitrogens with one attached hydrogen (secondary N) is 2. The quantitative estimate of drug-likeness (QED) is 0.862. The van der Waals surface area contributed by atoms with E-state index in [1.165, 1.54) is 11.8 Å². The second-order valence-corrected chi connectivity index (χ2v) is 8.05. The highest BCUT2D eigenvalue weighted by Gasteiger charge is 2.11. The van der Waals surface area contributed by atoms with Gasteiger partial charge in [-0.1, -0.05) is 12.1 Å². The van der Waals surface area contributed by atoms with Crippen LogP contribution in [0.1, 0.15) is 16.8 Å². The standard InChI is InChI=1S/C16H20N4O2S/c1-23(21,22)9-7-12-2-4-14(5-3-12)19-16-18-10-13-6-8-17-11-15(13)20-16/h2-5,10,17H,6-9,11H2,1H3,(H,18,19,20). The van der Waals surface area contributed by atoms with Crippen molar-refractivity contribution < 1.29 is 8.42 Å². The molecule has 1 aromatic heterocycles. The van der Waals surface area contributed by atoms with Gasteiger partial charge in [-0.05, 0) is 42.6 Å². The fourth-order valence-corrected chi connectivity index (χ4v) is 3.09. The van der Waals surface area contributed by atoms with E-state index in [9.17, 15) is 8.42 Å². The van der Waals surface area contributed by atoms with Crippen LogP contribution in [0.3, 0.4) is 0 Å². The van der Waals surface area contributed by atoms with Gasteiger partial charge in [-0.2, -0.15) is 0 Å². The van der Waals surface area contributed by atoms with Gasteiger partial charge in [0, 0.05) is 24.7 Å². The zero-order valence-electron chi connectivity index (χ0n) is 13.0. The number of sulfone groups is 1. The fraction of sp³-hybridized carbons (Fsp3) is 0.375. The van der Waals surface area contributed by atoms with E-state index in [-0.39, 0.29) is 5.75 Å². The van der Waals surface area contributed by atoms with E-state index in [2.05, 4.69) is 20.6 Å². The summed E-state index contributed by atoms with van der Waals surface area (Å²) in [5, 5.41) is 6.48. The molecule has 0 radical (unpaired) electrons. The summed E-state index contributed by atoms with van der Waals surface area (Å²) >= 11 is 0. The topological polar surface area (TPSA) is 84.0 Å². The van der Waals surface area contributed by atoms with Crippen LogP contribution in [-0.2, 0) is 29.2 Å². The molecule has 122 valence electrons. The number of nitrogens with zero attached hydrogens (tertiary/aromatic N) is 2. The van der Waals surface area contributed by atoms with Crippen LogP contribution >= 0.6 is 0 Å². The van der Waals surface area contributed by atoms with Gasteiger partial charge in [0.15, 0.2) is 0 Å². The van der Waals surface area contributed by atoms with E-state index in [0.717, 1.165) is 36.5 Å². The molecule has 0 fully saturated rings. The highest BCUT2D eigenvalue weighted by molar-refractivity contribution is 7.90. The normalized spacial score (nSPS) is 14.3. The number of rotatable bonds is 5. The smallest absolute Gasteiger partial charge is 0.227 e. The first-order valence-electron chi connectivity index (χ1n) is 7.59. The lowest BCUT2D eigenvalue weighted by atomic mass is 10.1. The summed E-state index contributed by atoms with van der Waals surface area (Å²) in [5.74, 6) is 0.747. The SMILES string of the molecule is CS(=O)(=O)CCc1ccc(Nc2ncc3c(n2)CNCC3)cc1. The van der Waals surface area contributed by atoms with Gasteiger partial charge in [-0.15, -0.1) is 0 Å². The molecule has 0 aliphatic carbocycles. The highest BCUT2D eigenvalue weighted by Crippen LogP contribution is 2.17. The van der Waals surface area contributed by atoms with Crippen molar-refractivity contribution in [3.8, 4) is 0 Å². The summed E-state index contributed by atoms with van der Waals surface area (Å²) in [6, 6.07) is 7.68. The number of benzene rings is 1. The van der Waals surface area contributed by atoms with Crippen LogP contribution in [0.15, 0.2) is 30.5 Å². The lowest BCUT2D eigenvalue weighted by molar-refractivity contribution is 0.601. The van der Waals surface area contributed by atoms with Gasteiger partial charge < -0.3 is 10.6 Å². The van der Waals surface area contributed by atoms with E-state index in [0.29, 0.717) is 12.4 Å². The molecule has 3 rings (SSSR count). The van der Waals surface area contributed by atoms with Gasteiger partial charge in [-0.25, -0.2) is 18.4 Å². The summed E-state index contributed by atoms with van der Waals surface area (Å²) in [5.41, 5.74) is 4.12. The maximum absolute atomic E-state index is 11.2. The minimum atomic E-state index is -2.93. The Morgan fingerprint density at radius 2 is 2.04 bits per heavy atom. The summed E-state index contributed by atoms with van der Waals surface area (Å²) in [7, 11) is -2.93. The molecule has 0 bridgehead atoms. The molecule has 2 N–H and O–H groups in total. The Bertz CT molecular complexity index is 788. The second kappa shape index (κ2) is 6.64. The molecule has 23 heavy (non-hydrogen) atoms. The molecule has 1 aliphatic rings. The average Bonchev–Trinajstić information content (AvgIpc) is 2.53. The Kier molecular flexibility index (Phi) is 4.58. The van der Waals surface area contributed by atoms with Crippen molar-refractivity contribution in [3.63, 3.8) is 0 Å². The summed E-state index contributed by atoms with van der Waals surface area (Å²) in [6.07, 6.45) is 4.63. The van der Waals surface area contributed by atoms with E-state index in [1.807, 2.05) is 30.5 Å². The van der Waals surface area contributed by atoms with Crippen LogP contribution in [-0.4, -0.2) is 36.9 Å². The highest BCUT2D eigenvalue weighted by atomic mass is 32.2. The molecular formula is C16H20N4O2S. The van der Waals surface area contributed by atoms with Crippen LogP contribution < -0.4 is 10.6 Å². The maximum atomic E-state index is 11.2. The summed E-state index contributed by atoms with van der Waals surface area (Å²) in [4.78, 5) is 8.88. The molecule has 2 aromatic rings. The Morgan fingerprint density at radius 1 is 1.26 bits per heavy atom. The van der Waals surface area contributed by atoms with Crippen molar-refractivity contribution in [1.29, 1.82) is 0 Å². The van der Waals surface area contributed by atoms with Crippen LogP contribution in [0, 0.1) is 0 Å². The van der Waals surface area contributed by atoms with E-state index < -0.39 is 9.84 Å². The molecule has 7 heteroatoms. The minimum Gasteiger partial charge on any atom is -0.324 e. The molecule has 1 aromatic carbocycles. The first-order valence-corrected chi connectivity index (χ1v) is 9.65. The average molecular weight is 332 g/mol. The second-order valence-electron chi connectivity index (χ2n) is 5.79. The third kappa shape index (κ3) is 4.49. The molecule has 1 aliphatic heterocycles. The third-order valence-corrected chi connectivity index (χ3v) is 4.74. The van der Waals surface area contributed by atoms with E-state index in [4.69, 9.17) is 0 Å². The van der Waals surface area contributed by atoms with Gasteiger partial charge in [0.25, 0.3) is 0 Å². The zero-order valence-corrected chi connectivity index (χ0v) is 13.9. The lowest BCUT2D eigenvalue weighted by Gasteiger charge is -2.16. The molecule has 0 amide bonds. The number of fused-ring (bicyclic) bond motifs is 1. The molecule has 6 nitrogen and oxygen atoms in total. The van der Waals surface area contributed by atoms with E-state index >= 15 is 0 Å². The van der Waals surface area contributed by atoms with Gasteiger partial charge in [0.05, 0.1) is 11.4 Å². The zero-order chi connectivity index (χ0) is 16.3. The van der Waals surface area contributed by atoms with Crippen LogP contribution in [0.4, 0.5) is 11.6 Å². The van der Waals surface area contributed by atoms with Gasteiger partial charge in [-0.3, -0.25) is 0 Å². The Labute approximate surface area is 136 Å². The maximum Gasteiger partial charge on any atom is 0.227 e. The summed E-state index contributed by atoms with van der Waals surface area (Å²) in [6.45, 7) is 1.75.